The number of aromatic amines is 1. The van der Waals surface area contributed by atoms with Crippen molar-refractivity contribution in [3.05, 3.63) is 37.7 Å². The van der Waals surface area contributed by atoms with Gasteiger partial charge in [0.1, 0.15) is 0 Å². The zero-order valence-corrected chi connectivity index (χ0v) is 9.81. The first kappa shape index (κ1) is 14.7. The average Bonchev–Trinajstić information content (AvgIpc) is 2.30. The summed E-state index contributed by atoms with van der Waals surface area (Å²) in [5, 5.41) is 10.5. The van der Waals surface area contributed by atoms with Crippen LogP contribution in [0.3, 0.4) is 0 Å². The molecule has 0 aliphatic carbocycles. The van der Waals surface area contributed by atoms with Gasteiger partial charge in [0.2, 0.25) is 5.43 Å². The number of nitro groups is 1. The van der Waals surface area contributed by atoms with Crippen molar-refractivity contribution >= 4 is 11.8 Å². The number of hydrogen-bond acceptors (Lipinski definition) is 5. The molecule has 9 heteroatoms. The van der Waals surface area contributed by atoms with Gasteiger partial charge in [-0.25, -0.2) is 13.8 Å². The number of pyridine rings is 1. The van der Waals surface area contributed by atoms with Crippen molar-refractivity contribution in [3.8, 4) is 0 Å². The van der Waals surface area contributed by atoms with Crippen LogP contribution >= 0.6 is 0 Å². The van der Waals surface area contributed by atoms with E-state index < -0.39 is 40.5 Å². The Morgan fingerprint density at radius 1 is 1.58 bits per heavy atom. The fourth-order valence-corrected chi connectivity index (χ4v) is 1.43. The maximum atomic E-state index is 12.7. The van der Waals surface area contributed by atoms with Gasteiger partial charge in [0, 0.05) is 0 Å². The van der Waals surface area contributed by atoms with E-state index in [1.54, 1.807) is 6.92 Å². The monoisotopic (exact) mass is 276 g/mol. The number of esters is 1. The smallest absolute Gasteiger partial charge is 0.333 e. The van der Waals surface area contributed by atoms with Crippen LogP contribution in [0.2, 0.25) is 0 Å². The number of alkyl halides is 2. The average molecular weight is 276 g/mol. The number of halogens is 2. The molecule has 1 N–H and O–H groups in total. The van der Waals surface area contributed by atoms with Crippen LogP contribution in [-0.4, -0.2) is 22.5 Å². The molecule has 0 saturated heterocycles. The summed E-state index contributed by atoms with van der Waals surface area (Å²) in [6, 6.07) is 0. The summed E-state index contributed by atoms with van der Waals surface area (Å²) in [5.41, 5.74) is -2.79. The summed E-state index contributed by atoms with van der Waals surface area (Å²) in [6.45, 7) is 1.62. The zero-order valence-electron chi connectivity index (χ0n) is 9.81. The van der Waals surface area contributed by atoms with E-state index in [0.29, 0.717) is 0 Å². The molecule has 1 aromatic rings. The largest absolute Gasteiger partial charge is 0.466 e. The van der Waals surface area contributed by atoms with Gasteiger partial charge in [-0.3, -0.25) is 9.59 Å². The summed E-state index contributed by atoms with van der Waals surface area (Å²) >= 11 is 0. The highest BCUT2D eigenvalue weighted by Crippen LogP contribution is 2.23. The van der Waals surface area contributed by atoms with Gasteiger partial charge in [-0.2, -0.15) is 0 Å². The van der Waals surface area contributed by atoms with E-state index in [-0.39, 0.29) is 12.2 Å². The summed E-state index contributed by atoms with van der Waals surface area (Å²) in [4.78, 5) is 34.2. The van der Waals surface area contributed by atoms with Crippen molar-refractivity contribution in [2.24, 2.45) is 0 Å². The maximum Gasteiger partial charge on any atom is 0.333 e. The van der Waals surface area contributed by atoms with Crippen LogP contribution in [-0.2, 0) is 16.0 Å². The molecule has 104 valence electrons. The van der Waals surface area contributed by atoms with Crippen molar-refractivity contribution in [1.82, 2.24) is 4.98 Å². The Balaban J connectivity index is 3.24. The minimum absolute atomic E-state index is 0.0748. The van der Waals surface area contributed by atoms with Gasteiger partial charge in [-0.1, -0.05) is 0 Å². The molecular weight excluding hydrogens is 266 g/mol. The first-order valence-electron chi connectivity index (χ1n) is 5.21. The first-order chi connectivity index (χ1) is 8.88. The number of H-pyrrole nitrogens is 1. The summed E-state index contributed by atoms with van der Waals surface area (Å²) in [5.74, 6) is -1.85. The molecule has 0 aliphatic heterocycles. The molecule has 1 rings (SSSR count). The molecule has 19 heavy (non-hydrogen) atoms. The van der Waals surface area contributed by atoms with Gasteiger partial charge in [-0.15, -0.1) is 0 Å². The minimum atomic E-state index is -3.31. The second kappa shape index (κ2) is 6.03. The lowest BCUT2D eigenvalue weighted by atomic mass is 10.1. The van der Waals surface area contributed by atoms with Crippen LogP contribution in [0.15, 0.2) is 11.0 Å². The molecule has 0 saturated carbocycles. The van der Waals surface area contributed by atoms with Gasteiger partial charge in [0.25, 0.3) is 6.43 Å². The highest BCUT2D eigenvalue weighted by atomic mass is 19.3. The van der Waals surface area contributed by atoms with Gasteiger partial charge in [-0.05, 0) is 11.8 Å². The third-order valence-corrected chi connectivity index (χ3v) is 2.22. The highest BCUT2D eigenvalue weighted by Gasteiger charge is 2.27. The third-order valence-electron chi connectivity index (χ3n) is 2.22. The summed E-state index contributed by atoms with van der Waals surface area (Å²) < 4.78 is 29.9. The van der Waals surface area contributed by atoms with Gasteiger partial charge < -0.3 is 14.9 Å². The molecule has 1 heterocycles. The molecule has 0 radical (unpaired) electrons. The second-order valence-corrected chi connectivity index (χ2v) is 3.44. The van der Waals surface area contributed by atoms with Gasteiger partial charge in [0.15, 0.2) is 5.56 Å². The Morgan fingerprint density at radius 3 is 2.68 bits per heavy atom. The van der Waals surface area contributed by atoms with E-state index in [0.717, 1.165) is 6.20 Å². The predicted molar refractivity (Wildman–Crippen MR) is 59.0 cm³/mol. The summed E-state index contributed by atoms with van der Waals surface area (Å²) in [6.07, 6.45) is -2.98. The van der Waals surface area contributed by atoms with Crippen LogP contribution in [0.5, 0.6) is 0 Å². The lowest BCUT2D eigenvalue weighted by Crippen LogP contribution is -2.21. The second-order valence-electron chi connectivity index (χ2n) is 3.44. The number of carbonyl (C=O) groups excluding carboxylic acids is 1. The molecular formula is C10H10F2N2O5. The van der Waals surface area contributed by atoms with Crippen LogP contribution < -0.4 is 5.43 Å². The normalized spacial score (nSPS) is 10.5. The predicted octanol–water partition coefficient (Wildman–Crippen LogP) is 1.33. The third kappa shape index (κ3) is 3.33. The summed E-state index contributed by atoms with van der Waals surface area (Å²) in [7, 11) is 0. The number of nitrogens with zero attached hydrogens (tertiary/aromatic N) is 1. The van der Waals surface area contributed by atoms with Crippen molar-refractivity contribution in [3.63, 3.8) is 0 Å². The van der Waals surface area contributed by atoms with Crippen molar-refractivity contribution in [1.29, 1.82) is 0 Å². The molecule has 0 fully saturated rings. The fraction of sp³-hybridized carbons (Fsp3) is 0.400. The molecule has 1 aromatic heterocycles. The van der Waals surface area contributed by atoms with E-state index in [2.05, 4.69) is 4.74 Å². The highest BCUT2D eigenvalue weighted by molar-refractivity contribution is 5.72. The van der Waals surface area contributed by atoms with Crippen molar-refractivity contribution in [2.45, 2.75) is 19.8 Å². The van der Waals surface area contributed by atoms with Crippen LogP contribution in [0.25, 0.3) is 0 Å². The molecule has 0 bridgehead atoms. The van der Waals surface area contributed by atoms with E-state index in [1.807, 2.05) is 4.98 Å². The Morgan fingerprint density at radius 2 is 2.21 bits per heavy atom. The molecule has 0 amide bonds. The van der Waals surface area contributed by atoms with Crippen LogP contribution in [0, 0.1) is 10.1 Å². The maximum absolute atomic E-state index is 12.7. The molecule has 0 unspecified atom stereocenters. The lowest BCUT2D eigenvalue weighted by molar-refractivity contribution is -0.391. The van der Waals surface area contributed by atoms with Crippen molar-refractivity contribution in [2.75, 3.05) is 6.61 Å². The SMILES string of the molecule is CCOC(=O)Cc1c[nH]c([N+](=O)[O-])c(C(F)F)c1=O. The Kier molecular flexibility index (Phi) is 4.67. The number of aromatic nitrogens is 1. The number of rotatable bonds is 5. The topological polar surface area (TPSA) is 102 Å². The number of nitrogens with one attached hydrogen (secondary N) is 1. The minimum Gasteiger partial charge on any atom is -0.466 e. The van der Waals surface area contributed by atoms with E-state index in [4.69, 9.17) is 0 Å². The quantitative estimate of drug-likeness (QED) is 0.496. The van der Waals surface area contributed by atoms with Gasteiger partial charge in [0.05, 0.1) is 24.8 Å². The van der Waals surface area contributed by atoms with E-state index in [9.17, 15) is 28.5 Å². The standard InChI is InChI=1S/C10H10F2N2O5/c1-2-19-6(15)3-5-4-13-10(14(17)18)7(8(5)16)9(11)12/h4,9H,2-3H2,1H3,(H,13,16). The zero-order chi connectivity index (χ0) is 14.6. The molecule has 7 nitrogen and oxygen atoms in total. The lowest BCUT2D eigenvalue weighted by Gasteiger charge is -2.05. The number of hydrogen-bond donors (Lipinski definition) is 1. The molecule has 0 atom stereocenters. The number of ether oxygens (including phenoxy) is 1. The molecule has 0 spiro atoms. The van der Waals surface area contributed by atoms with Crippen LogP contribution in [0.4, 0.5) is 14.6 Å². The Bertz CT molecular complexity index is 555. The molecule has 0 aromatic carbocycles. The Hall–Kier alpha value is -2.32. The van der Waals surface area contributed by atoms with Crippen LogP contribution in [0.1, 0.15) is 24.5 Å². The Labute approximate surface area is 105 Å². The first-order valence-corrected chi connectivity index (χ1v) is 5.21. The van der Waals surface area contributed by atoms with E-state index >= 15 is 0 Å². The number of carbonyl (C=O) groups is 1. The van der Waals surface area contributed by atoms with Gasteiger partial charge >= 0.3 is 11.8 Å². The fourth-order valence-electron chi connectivity index (χ4n) is 1.43. The molecule has 0 aliphatic rings. The van der Waals surface area contributed by atoms with Crippen molar-refractivity contribution < 1.29 is 23.2 Å². The van der Waals surface area contributed by atoms with E-state index in [1.165, 1.54) is 0 Å².